The third-order valence-electron chi connectivity index (χ3n) is 5.75. The lowest BCUT2D eigenvalue weighted by atomic mass is 10.1. The molecule has 1 amide bonds. The minimum atomic E-state index is -0.126. The molecule has 0 aromatic carbocycles. The molecule has 2 rings (SSSR count). The number of nitrogens with zero attached hydrogens (tertiary/aromatic N) is 3. The summed E-state index contributed by atoms with van der Waals surface area (Å²) in [4.78, 5) is 19.6. The molecule has 0 bridgehead atoms. The van der Waals surface area contributed by atoms with E-state index >= 15 is 0 Å². The first-order valence-electron chi connectivity index (χ1n) is 10.4. The minimum absolute atomic E-state index is 0.126. The number of methoxy groups -OCH3 is 1. The molecule has 5 nitrogen and oxygen atoms in total. The lowest BCUT2D eigenvalue weighted by Gasteiger charge is -2.42. The number of unbranched alkanes of at least 4 members (excludes halogenated alkanes) is 2. The van der Waals surface area contributed by atoms with Crippen LogP contribution in [0.3, 0.4) is 0 Å². The molecule has 27 heavy (non-hydrogen) atoms. The van der Waals surface area contributed by atoms with Gasteiger partial charge in [0, 0.05) is 31.8 Å². The first-order chi connectivity index (χ1) is 13.1. The molecule has 0 aromatic rings. The fourth-order valence-electron chi connectivity index (χ4n) is 4.09. The molecule has 0 radical (unpaired) electrons. The van der Waals surface area contributed by atoms with Crippen molar-refractivity contribution >= 4 is 5.91 Å². The van der Waals surface area contributed by atoms with E-state index in [2.05, 4.69) is 28.7 Å². The number of likely N-dealkylation sites (tertiary alicyclic amines) is 1. The van der Waals surface area contributed by atoms with Gasteiger partial charge in [0.25, 0.3) is 0 Å². The van der Waals surface area contributed by atoms with Crippen molar-refractivity contribution in [3.8, 4) is 0 Å². The monoisotopic (exact) mass is 375 g/mol. The van der Waals surface area contributed by atoms with Gasteiger partial charge in [-0.2, -0.15) is 0 Å². The topological polar surface area (TPSA) is 36.0 Å². The lowest BCUT2D eigenvalue weighted by Crippen LogP contribution is -2.55. The van der Waals surface area contributed by atoms with E-state index in [0.717, 1.165) is 25.1 Å². The Kier molecular flexibility index (Phi) is 8.96. The Morgan fingerprint density at radius 1 is 1.11 bits per heavy atom. The fourth-order valence-corrected chi connectivity index (χ4v) is 4.09. The van der Waals surface area contributed by atoms with Crippen molar-refractivity contribution in [1.82, 2.24) is 14.7 Å². The molecule has 2 saturated heterocycles. The molecule has 2 aliphatic heterocycles. The van der Waals surface area contributed by atoms with E-state index in [1.54, 1.807) is 7.11 Å². The highest BCUT2D eigenvalue weighted by molar-refractivity contribution is 5.77. The van der Waals surface area contributed by atoms with Gasteiger partial charge in [-0.1, -0.05) is 31.7 Å². The summed E-state index contributed by atoms with van der Waals surface area (Å²) in [6.45, 7) is 15.7. The number of hydrogen-bond acceptors (Lipinski definition) is 4. The normalized spacial score (nSPS) is 20.9. The van der Waals surface area contributed by atoms with Crippen molar-refractivity contribution in [1.29, 1.82) is 0 Å². The maximum atomic E-state index is 12.8. The highest BCUT2D eigenvalue weighted by Gasteiger charge is 2.33. The molecule has 2 heterocycles. The summed E-state index contributed by atoms with van der Waals surface area (Å²) in [5.41, 5.74) is 3.89. The summed E-state index contributed by atoms with van der Waals surface area (Å²) in [5.74, 6) is 0.850. The Balaban J connectivity index is 1.79. The van der Waals surface area contributed by atoms with Crippen LogP contribution in [0.2, 0.25) is 0 Å². The van der Waals surface area contributed by atoms with E-state index in [1.807, 2.05) is 11.8 Å². The number of rotatable bonds is 9. The van der Waals surface area contributed by atoms with Gasteiger partial charge in [0.2, 0.25) is 5.91 Å². The second-order valence-electron chi connectivity index (χ2n) is 7.74. The maximum Gasteiger partial charge on any atom is 0.223 e. The molecule has 0 saturated carbocycles. The number of ether oxygens (including phenoxy) is 1. The largest absolute Gasteiger partial charge is 0.491 e. The van der Waals surface area contributed by atoms with Crippen LogP contribution >= 0.6 is 0 Å². The van der Waals surface area contributed by atoms with Crippen molar-refractivity contribution in [2.45, 2.75) is 57.9 Å². The second kappa shape index (κ2) is 11.2. The van der Waals surface area contributed by atoms with Gasteiger partial charge in [0.15, 0.2) is 5.76 Å². The summed E-state index contributed by atoms with van der Waals surface area (Å²) < 4.78 is 5.44. The van der Waals surface area contributed by atoms with Crippen LogP contribution in [0, 0.1) is 0 Å². The van der Waals surface area contributed by atoms with E-state index < -0.39 is 0 Å². The summed E-state index contributed by atoms with van der Waals surface area (Å²) in [6.07, 6.45) is 7.94. The lowest BCUT2D eigenvalue weighted by molar-refractivity contribution is -0.135. The van der Waals surface area contributed by atoms with Crippen LogP contribution in [-0.4, -0.2) is 73.0 Å². The standard InChI is InChI=1S/C22H37N3O2/c1-5-21(27-4)20-18-24(19(2)3)16-17-25(20)22(26)12-8-6-9-13-23-14-10-7-11-15-23/h20H,1-2,6-18H2,3-4H3/t20-/m0/s1. The second-order valence-corrected chi connectivity index (χ2v) is 7.74. The highest BCUT2D eigenvalue weighted by Crippen LogP contribution is 2.21. The first kappa shape index (κ1) is 21.6. The van der Waals surface area contributed by atoms with E-state index in [4.69, 9.17) is 4.74 Å². The Morgan fingerprint density at radius 2 is 1.85 bits per heavy atom. The van der Waals surface area contributed by atoms with Gasteiger partial charge in [0.05, 0.1) is 7.11 Å². The van der Waals surface area contributed by atoms with Gasteiger partial charge < -0.3 is 19.4 Å². The Morgan fingerprint density at radius 3 is 2.48 bits per heavy atom. The predicted molar refractivity (Wildman–Crippen MR) is 110 cm³/mol. The Labute approximate surface area is 165 Å². The summed E-state index contributed by atoms with van der Waals surface area (Å²) in [6, 6.07) is -0.126. The molecule has 2 aliphatic rings. The van der Waals surface area contributed by atoms with Crippen molar-refractivity contribution in [3.63, 3.8) is 0 Å². The molecule has 0 aliphatic carbocycles. The fraction of sp³-hybridized carbons (Fsp3) is 0.727. The number of hydrogen-bond donors (Lipinski definition) is 0. The van der Waals surface area contributed by atoms with Crippen LogP contribution in [0.4, 0.5) is 0 Å². The molecular formula is C22H37N3O2. The van der Waals surface area contributed by atoms with Gasteiger partial charge in [-0.3, -0.25) is 4.79 Å². The van der Waals surface area contributed by atoms with Gasteiger partial charge in [-0.05, 0) is 52.2 Å². The molecule has 5 heteroatoms. The van der Waals surface area contributed by atoms with E-state index in [1.165, 1.54) is 45.3 Å². The van der Waals surface area contributed by atoms with Crippen LogP contribution in [0.5, 0.6) is 0 Å². The molecule has 0 unspecified atom stereocenters. The smallest absolute Gasteiger partial charge is 0.223 e. The average molecular weight is 376 g/mol. The summed E-state index contributed by atoms with van der Waals surface area (Å²) in [7, 11) is 1.62. The molecule has 1 atom stereocenters. The Bertz CT molecular complexity index is 548. The zero-order valence-corrected chi connectivity index (χ0v) is 17.3. The van der Waals surface area contributed by atoms with Crippen molar-refractivity contribution in [3.05, 3.63) is 30.3 Å². The maximum absolute atomic E-state index is 12.8. The number of allylic oxidation sites excluding steroid dienone is 1. The van der Waals surface area contributed by atoms with Crippen molar-refractivity contribution < 1.29 is 9.53 Å². The van der Waals surface area contributed by atoms with Gasteiger partial charge in [-0.15, -0.1) is 0 Å². The number of amides is 1. The average Bonchev–Trinajstić information content (AvgIpc) is 2.69. The molecular weight excluding hydrogens is 338 g/mol. The SMILES string of the molecule is C=C=C(OC)[C@@H]1CN(C(=C)C)CCN1C(=O)CCCCCN1CCCCC1. The molecule has 0 aromatic heterocycles. The Hall–Kier alpha value is -1.71. The van der Waals surface area contributed by atoms with E-state index in [-0.39, 0.29) is 11.9 Å². The molecule has 0 N–H and O–H groups in total. The molecule has 2 fully saturated rings. The third kappa shape index (κ3) is 6.44. The van der Waals surface area contributed by atoms with Gasteiger partial charge in [-0.25, -0.2) is 0 Å². The molecule has 152 valence electrons. The van der Waals surface area contributed by atoms with Crippen molar-refractivity contribution in [2.75, 3.05) is 46.4 Å². The minimum Gasteiger partial charge on any atom is -0.491 e. The summed E-state index contributed by atoms with van der Waals surface area (Å²) in [5, 5.41) is 0. The number of piperidine rings is 1. The number of piperazine rings is 1. The highest BCUT2D eigenvalue weighted by atomic mass is 16.5. The zero-order valence-electron chi connectivity index (χ0n) is 17.3. The predicted octanol–water partition coefficient (Wildman–Crippen LogP) is 3.39. The van der Waals surface area contributed by atoms with Crippen LogP contribution in [0.1, 0.15) is 51.9 Å². The van der Waals surface area contributed by atoms with Crippen LogP contribution in [0.15, 0.2) is 30.3 Å². The number of carbonyl (C=O) groups excluding carboxylic acids is 1. The van der Waals surface area contributed by atoms with Crippen LogP contribution < -0.4 is 0 Å². The van der Waals surface area contributed by atoms with Crippen molar-refractivity contribution in [2.24, 2.45) is 0 Å². The van der Waals surface area contributed by atoms with Crippen LogP contribution in [0.25, 0.3) is 0 Å². The third-order valence-corrected chi connectivity index (χ3v) is 5.75. The summed E-state index contributed by atoms with van der Waals surface area (Å²) >= 11 is 0. The van der Waals surface area contributed by atoms with Crippen LogP contribution in [-0.2, 0) is 9.53 Å². The van der Waals surface area contributed by atoms with Gasteiger partial charge >= 0.3 is 0 Å². The first-order valence-corrected chi connectivity index (χ1v) is 10.4. The number of carbonyl (C=O) groups is 1. The molecule has 0 spiro atoms. The van der Waals surface area contributed by atoms with E-state index in [9.17, 15) is 4.79 Å². The zero-order chi connectivity index (χ0) is 19.6. The van der Waals surface area contributed by atoms with E-state index in [0.29, 0.717) is 25.3 Å². The quantitative estimate of drug-likeness (QED) is 0.352. The van der Waals surface area contributed by atoms with Gasteiger partial charge in [0.1, 0.15) is 6.04 Å².